The second-order valence-corrected chi connectivity index (χ2v) is 7.78. The zero-order chi connectivity index (χ0) is 18.6. The molecule has 144 valence electrons. The van der Waals surface area contributed by atoms with Crippen molar-refractivity contribution < 1.29 is 9.53 Å². The number of aromatic nitrogens is 2. The van der Waals surface area contributed by atoms with Gasteiger partial charge in [-0.1, -0.05) is 24.3 Å². The van der Waals surface area contributed by atoms with Crippen LogP contribution in [0, 0.1) is 5.92 Å². The van der Waals surface area contributed by atoms with Crippen molar-refractivity contribution in [3.63, 3.8) is 0 Å². The Balaban J connectivity index is 1.34. The highest BCUT2D eigenvalue weighted by molar-refractivity contribution is 5.79. The predicted octanol–water partition coefficient (Wildman–Crippen LogP) is 3.04. The van der Waals surface area contributed by atoms with Gasteiger partial charge < -0.3 is 14.2 Å². The van der Waals surface area contributed by atoms with Crippen molar-refractivity contribution in [2.45, 2.75) is 44.6 Å². The monoisotopic (exact) mass is 367 g/mol. The van der Waals surface area contributed by atoms with E-state index >= 15 is 0 Å². The van der Waals surface area contributed by atoms with Crippen molar-refractivity contribution in [3.05, 3.63) is 53.6 Å². The molecular formula is C22H29N3O2. The fourth-order valence-corrected chi connectivity index (χ4v) is 4.58. The van der Waals surface area contributed by atoms with Crippen LogP contribution in [0.3, 0.4) is 0 Å². The van der Waals surface area contributed by atoms with Gasteiger partial charge in [-0.05, 0) is 43.2 Å². The summed E-state index contributed by atoms with van der Waals surface area (Å²) in [4.78, 5) is 19.7. The highest BCUT2D eigenvalue weighted by atomic mass is 16.5. The minimum Gasteiger partial charge on any atom is -0.383 e. The predicted molar refractivity (Wildman–Crippen MR) is 105 cm³/mol. The van der Waals surface area contributed by atoms with Crippen LogP contribution in [0.15, 0.2) is 36.7 Å². The van der Waals surface area contributed by atoms with Gasteiger partial charge in [0.25, 0.3) is 0 Å². The molecule has 1 atom stereocenters. The molecule has 2 aliphatic rings. The van der Waals surface area contributed by atoms with E-state index in [1.54, 1.807) is 7.11 Å². The summed E-state index contributed by atoms with van der Waals surface area (Å²) in [6.07, 6.45) is 8.82. The quantitative estimate of drug-likeness (QED) is 0.816. The first-order valence-electron chi connectivity index (χ1n) is 10.1. The summed E-state index contributed by atoms with van der Waals surface area (Å²) in [5.74, 6) is 2.09. The Morgan fingerprint density at radius 1 is 1.19 bits per heavy atom. The van der Waals surface area contributed by atoms with Crippen LogP contribution in [0.2, 0.25) is 0 Å². The molecule has 4 rings (SSSR count). The molecule has 0 bridgehead atoms. The van der Waals surface area contributed by atoms with Crippen molar-refractivity contribution >= 4 is 5.91 Å². The molecule has 27 heavy (non-hydrogen) atoms. The van der Waals surface area contributed by atoms with E-state index in [2.05, 4.69) is 38.7 Å². The number of benzene rings is 1. The van der Waals surface area contributed by atoms with Gasteiger partial charge in [-0.2, -0.15) is 0 Å². The molecule has 2 heterocycles. The molecule has 1 fully saturated rings. The number of amides is 1. The van der Waals surface area contributed by atoms with Crippen LogP contribution >= 0.6 is 0 Å². The topological polar surface area (TPSA) is 47.4 Å². The van der Waals surface area contributed by atoms with Gasteiger partial charge >= 0.3 is 0 Å². The van der Waals surface area contributed by atoms with E-state index in [9.17, 15) is 4.79 Å². The van der Waals surface area contributed by atoms with Crippen molar-refractivity contribution in [1.82, 2.24) is 14.5 Å². The van der Waals surface area contributed by atoms with Gasteiger partial charge in [0, 0.05) is 51.0 Å². The number of imidazole rings is 1. The molecule has 1 unspecified atom stereocenters. The standard InChI is InChI=1S/C22H29N3O2/c1-27-15-14-24-13-10-23-21(24)18-8-11-25(12-9-18)22(26)20-7-6-17-4-2-3-5-19(17)16-20/h2-5,10,13,18,20H,6-9,11-12,14-16H2,1H3. The molecule has 0 N–H and O–H groups in total. The van der Waals surface area contributed by atoms with Crippen molar-refractivity contribution in [1.29, 1.82) is 0 Å². The summed E-state index contributed by atoms with van der Waals surface area (Å²) in [5.41, 5.74) is 2.78. The maximum Gasteiger partial charge on any atom is 0.226 e. The summed E-state index contributed by atoms with van der Waals surface area (Å²) in [7, 11) is 1.73. The number of nitrogens with zero attached hydrogens (tertiary/aromatic N) is 3. The molecule has 1 aliphatic carbocycles. The minimum atomic E-state index is 0.153. The van der Waals surface area contributed by atoms with E-state index < -0.39 is 0 Å². The average molecular weight is 367 g/mol. The highest BCUT2D eigenvalue weighted by Gasteiger charge is 2.31. The summed E-state index contributed by atoms with van der Waals surface area (Å²) in [5, 5.41) is 0. The number of piperidine rings is 1. The number of methoxy groups -OCH3 is 1. The zero-order valence-corrected chi connectivity index (χ0v) is 16.1. The molecule has 1 aromatic carbocycles. The molecule has 1 amide bonds. The average Bonchev–Trinajstić information content (AvgIpc) is 3.20. The zero-order valence-electron chi connectivity index (χ0n) is 16.1. The number of aryl methyl sites for hydroxylation is 1. The Morgan fingerprint density at radius 2 is 1.96 bits per heavy atom. The summed E-state index contributed by atoms with van der Waals surface area (Å²) in [6, 6.07) is 8.57. The SMILES string of the molecule is COCCn1ccnc1C1CCN(C(=O)C2CCc3ccccc3C2)CC1. The van der Waals surface area contributed by atoms with E-state index in [0.717, 1.165) is 57.6 Å². The van der Waals surface area contributed by atoms with Gasteiger partial charge in [0.15, 0.2) is 0 Å². The third kappa shape index (κ3) is 3.93. The fraction of sp³-hybridized carbons (Fsp3) is 0.545. The summed E-state index contributed by atoms with van der Waals surface area (Å²) < 4.78 is 7.39. The van der Waals surface area contributed by atoms with Crippen LogP contribution in [-0.2, 0) is 28.9 Å². The number of carbonyl (C=O) groups excluding carboxylic acids is 1. The van der Waals surface area contributed by atoms with Crippen LogP contribution in [0.4, 0.5) is 0 Å². The molecule has 5 nitrogen and oxygen atoms in total. The lowest BCUT2D eigenvalue weighted by Crippen LogP contribution is -2.43. The third-order valence-corrected chi connectivity index (χ3v) is 6.15. The normalized spacial score (nSPS) is 20.5. The minimum absolute atomic E-state index is 0.153. The van der Waals surface area contributed by atoms with E-state index in [1.807, 2.05) is 12.4 Å². The second kappa shape index (κ2) is 8.26. The van der Waals surface area contributed by atoms with Gasteiger partial charge in [-0.25, -0.2) is 4.98 Å². The number of ether oxygens (including phenoxy) is 1. The Kier molecular flexibility index (Phi) is 5.58. The number of rotatable bonds is 5. The lowest BCUT2D eigenvalue weighted by molar-refractivity contribution is -0.137. The van der Waals surface area contributed by atoms with Crippen LogP contribution in [0.1, 0.15) is 42.1 Å². The first-order chi connectivity index (χ1) is 13.3. The lowest BCUT2D eigenvalue weighted by atomic mass is 9.82. The van der Waals surface area contributed by atoms with Gasteiger partial charge in [-0.15, -0.1) is 0 Å². The summed E-state index contributed by atoms with van der Waals surface area (Å²) in [6.45, 7) is 3.23. The lowest BCUT2D eigenvalue weighted by Gasteiger charge is -2.35. The number of hydrogen-bond donors (Lipinski definition) is 0. The molecule has 2 aromatic rings. The van der Waals surface area contributed by atoms with Gasteiger partial charge in [-0.3, -0.25) is 4.79 Å². The van der Waals surface area contributed by atoms with E-state index in [0.29, 0.717) is 18.4 Å². The molecular weight excluding hydrogens is 338 g/mol. The smallest absolute Gasteiger partial charge is 0.226 e. The largest absolute Gasteiger partial charge is 0.383 e. The fourth-order valence-electron chi connectivity index (χ4n) is 4.58. The van der Waals surface area contributed by atoms with Crippen molar-refractivity contribution in [3.8, 4) is 0 Å². The number of hydrogen-bond acceptors (Lipinski definition) is 3. The second-order valence-electron chi connectivity index (χ2n) is 7.78. The molecule has 1 aliphatic heterocycles. The Hall–Kier alpha value is -2.14. The molecule has 1 saturated heterocycles. The highest BCUT2D eigenvalue weighted by Crippen LogP contribution is 2.31. The van der Waals surface area contributed by atoms with Crippen LogP contribution < -0.4 is 0 Å². The number of fused-ring (bicyclic) bond motifs is 1. The molecule has 5 heteroatoms. The van der Waals surface area contributed by atoms with Gasteiger partial charge in [0.05, 0.1) is 6.61 Å². The number of likely N-dealkylation sites (tertiary alicyclic amines) is 1. The van der Waals surface area contributed by atoms with Crippen LogP contribution in [0.5, 0.6) is 0 Å². The van der Waals surface area contributed by atoms with Crippen LogP contribution in [0.25, 0.3) is 0 Å². The third-order valence-electron chi connectivity index (χ3n) is 6.15. The van der Waals surface area contributed by atoms with Gasteiger partial charge in [0.1, 0.15) is 5.82 Å². The van der Waals surface area contributed by atoms with Gasteiger partial charge in [0.2, 0.25) is 5.91 Å². The Labute approximate surface area is 161 Å². The molecule has 0 saturated carbocycles. The Morgan fingerprint density at radius 3 is 2.74 bits per heavy atom. The van der Waals surface area contributed by atoms with E-state index in [-0.39, 0.29) is 5.92 Å². The molecule has 0 radical (unpaired) electrons. The maximum atomic E-state index is 13.1. The van der Waals surface area contributed by atoms with Crippen molar-refractivity contribution in [2.24, 2.45) is 5.92 Å². The number of carbonyl (C=O) groups is 1. The van der Waals surface area contributed by atoms with E-state index in [1.165, 1.54) is 11.1 Å². The van der Waals surface area contributed by atoms with E-state index in [4.69, 9.17) is 4.74 Å². The summed E-state index contributed by atoms with van der Waals surface area (Å²) >= 11 is 0. The molecule has 0 spiro atoms. The molecule has 1 aromatic heterocycles. The van der Waals surface area contributed by atoms with Crippen molar-refractivity contribution in [2.75, 3.05) is 26.8 Å². The first-order valence-corrected chi connectivity index (χ1v) is 10.1. The van der Waals surface area contributed by atoms with Crippen LogP contribution in [-0.4, -0.2) is 47.2 Å². The first kappa shape index (κ1) is 18.2. The maximum absolute atomic E-state index is 13.1. The Bertz CT molecular complexity index is 777.